The number of thiazole rings is 1. The second-order valence-electron chi connectivity index (χ2n) is 6.48. The summed E-state index contributed by atoms with van der Waals surface area (Å²) in [6, 6.07) is 14.0. The third-order valence-corrected chi connectivity index (χ3v) is 5.34. The number of anilines is 1. The fraction of sp³-hybridized carbons (Fsp3) is 0.136. The van der Waals surface area contributed by atoms with E-state index < -0.39 is 5.92 Å². The standard InChI is InChI=1S/C22H17FN6S/c23-17-5-3-16(4-6-17)20-14-30-21(28-20)18(12-24)19-8-11-27-22(29-19)26-10-7-15-2-1-9-25-13-15/h1-6,8-9,11,13-14,18H,7,10H2,(H,26,27,29). The van der Waals surface area contributed by atoms with Crippen LogP contribution >= 0.6 is 11.3 Å². The first kappa shape index (κ1) is 19.6. The molecule has 1 aromatic carbocycles. The van der Waals surface area contributed by atoms with Gasteiger partial charge < -0.3 is 5.32 Å². The van der Waals surface area contributed by atoms with Crippen molar-refractivity contribution in [2.75, 3.05) is 11.9 Å². The highest BCUT2D eigenvalue weighted by molar-refractivity contribution is 7.10. The third-order valence-electron chi connectivity index (χ3n) is 4.43. The number of hydrogen-bond acceptors (Lipinski definition) is 7. The first-order valence-electron chi connectivity index (χ1n) is 9.29. The van der Waals surface area contributed by atoms with Gasteiger partial charge in [-0.2, -0.15) is 5.26 Å². The Balaban J connectivity index is 1.48. The Hall–Kier alpha value is -3.70. The molecule has 4 rings (SSSR count). The first-order chi connectivity index (χ1) is 14.7. The summed E-state index contributed by atoms with van der Waals surface area (Å²) in [7, 11) is 0. The Morgan fingerprint density at radius 2 is 1.97 bits per heavy atom. The SMILES string of the molecule is N#CC(c1ccnc(NCCc2cccnc2)n1)c1nc(-c2ccc(F)cc2)cs1. The molecule has 0 aliphatic rings. The fourth-order valence-electron chi connectivity index (χ4n) is 2.90. The van der Waals surface area contributed by atoms with Crippen molar-refractivity contribution < 1.29 is 4.39 Å². The van der Waals surface area contributed by atoms with Crippen LogP contribution in [0.4, 0.5) is 10.3 Å². The van der Waals surface area contributed by atoms with Crippen LogP contribution in [0.3, 0.4) is 0 Å². The minimum atomic E-state index is -0.605. The summed E-state index contributed by atoms with van der Waals surface area (Å²) >= 11 is 1.38. The van der Waals surface area contributed by atoms with Gasteiger partial charge in [-0.15, -0.1) is 11.3 Å². The van der Waals surface area contributed by atoms with Crippen molar-refractivity contribution >= 4 is 17.3 Å². The molecule has 3 heterocycles. The largest absolute Gasteiger partial charge is 0.354 e. The zero-order chi connectivity index (χ0) is 20.8. The van der Waals surface area contributed by atoms with Gasteiger partial charge in [-0.1, -0.05) is 6.07 Å². The van der Waals surface area contributed by atoms with Gasteiger partial charge in [0.05, 0.1) is 17.5 Å². The van der Waals surface area contributed by atoms with Crippen molar-refractivity contribution in [3.8, 4) is 17.3 Å². The monoisotopic (exact) mass is 416 g/mol. The minimum Gasteiger partial charge on any atom is -0.354 e. The summed E-state index contributed by atoms with van der Waals surface area (Å²) in [5.74, 6) is -0.438. The average Bonchev–Trinajstić information content (AvgIpc) is 3.26. The lowest BCUT2D eigenvalue weighted by molar-refractivity contribution is 0.628. The normalized spacial score (nSPS) is 11.6. The van der Waals surface area contributed by atoms with E-state index in [0.717, 1.165) is 17.5 Å². The van der Waals surface area contributed by atoms with Crippen molar-refractivity contribution in [1.82, 2.24) is 19.9 Å². The van der Waals surface area contributed by atoms with Gasteiger partial charge in [0.25, 0.3) is 0 Å². The second-order valence-corrected chi connectivity index (χ2v) is 7.37. The van der Waals surface area contributed by atoms with Crippen molar-refractivity contribution in [3.05, 3.63) is 88.5 Å². The summed E-state index contributed by atoms with van der Waals surface area (Å²) in [5, 5.41) is 15.4. The smallest absolute Gasteiger partial charge is 0.222 e. The Morgan fingerprint density at radius 3 is 2.73 bits per heavy atom. The molecule has 1 atom stereocenters. The predicted octanol–water partition coefficient (Wildman–Crippen LogP) is 4.44. The molecular formula is C22H17FN6S. The van der Waals surface area contributed by atoms with E-state index in [4.69, 9.17) is 0 Å². The van der Waals surface area contributed by atoms with Gasteiger partial charge in [0.2, 0.25) is 5.95 Å². The van der Waals surface area contributed by atoms with Crippen LogP contribution in [0.1, 0.15) is 22.2 Å². The molecule has 0 fully saturated rings. The van der Waals surface area contributed by atoms with E-state index in [9.17, 15) is 9.65 Å². The number of nitrogens with zero attached hydrogens (tertiary/aromatic N) is 5. The number of rotatable bonds is 7. The average molecular weight is 416 g/mol. The molecule has 0 bridgehead atoms. The Kier molecular flexibility index (Phi) is 6.01. The lowest BCUT2D eigenvalue weighted by atomic mass is 10.1. The van der Waals surface area contributed by atoms with Gasteiger partial charge in [0.15, 0.2) is 0 Å². The quantitative estimate of drug-likeness (QED) is 0.479. The van der Waals surface area contributed by atoms with Gasteiger partial charge in [-0.3, -0.25) is 4.98 Å². The maximum Gasteiger partial charge on any atom is 0.222 e. The van der Waals surface area contributed by atoms with E-state index >= 15 is 0 Å². The second kappa shape index (κ2) is 9.20. The Labute approximate surface area is 177 Å². The zero-order valence-corrected chi connectivity index (χ0v) is 16.7. The highest BCUT2D eigenvalue weighted by atomic mass is 32.1. The van der Waals surface area contributed by atoms with E-state index in [1.165, 1.54) is 23.5 Å². The first-order valence-corrected chi connectivity index (χ1v) is 10.2. The summed E-state index contributed by atoms with van der Waals surface area (Å²) in [5.41, 5.74) is 3.21. The van der Waals surface area contributed by atoms with E-state index in [1.807, 2.05) is 23.7 Å². The van der Waals surface area contributed by atoms with Crippen LogP contribution in [-0.2, 0) is 6.42 Å². The van der Waals surface area contributed by atoms with E-state index in [1.54, 1.807) is 30.6 Å². The fourth-order valence-corrected chi connectivity index (χ4v) is 3.79. The van der Waals surface area contributed by atoms with Crippen molar-refractivity contribution in [2.45, 2.75) is 12.3 Å². The van der Waals surface area contributed by atoms with Gasteiger partial charge in [0, 0.05) is 36.1 Å². The molecule has 30 heavy (non-hydrogen) atoms. The number of benzene rings is 1. The summed E-state index contributed by atoms with van der Waals surface area (Å²) in [4.78, 5) is 17.4. The molecule has 1 unspecified atom stereocenters. The maximum atomic E-state index is 13.2. The molecule has 6 nitrogen and oxygen atoms in total. The molecule has 0 amide bonds. The van der Waals surface area contributed by atoms with Crippen LogP contribution < -0.4 is 5.32 Å². The molecule has 3 aromatic heterocycles. The Morgan fingerprint density at radius 1 is 1.10 bits per heavy atom. The van der Waals surface area contributed by atoms with Crippen LogP contribution in [0.5, 0.6) is 0 Å². The molecule has 0 spiro atoms. The van der Waals surface area contributed by atoms with Crippen molar-refractivity contribution in [2.24, 2.45) is 0 Å². The topological polar surface area (TPSA) is 87.4 Å². The van der Waals surface area contributed by atoms with Gasteiger partial charge in [0.1, 0.15) is 16.7 Å². The van der Waals surface area contributed by atoms with Gasteiger partial charge in [-0.25, -0.2) is 19.3 Å². The number of pyridine rings is 1. The minimum absolute atomic E-state index is 0.298. The van der Waals surface area contributed by atoms with E-state index in [0.29, 0.717) is 28.9 Å². The summed E-state index contributed by atoms with van der Waals surface area (Å²) in [6.45, 7) is 0.651. The third kappa shape index (κ3) is 4.64. The lowest BCUT2D eigenvalue weighted by Crippen LogP contribution is -2.10. The number of nitrogens with one attached hydrogen (secondary N) is 1. The van der Waals surface area contributed by atoms with Crippen molar-refractivity contribution in [1.29, 1.82) is 5.26 Å². The van der Waals surface area contributed by atoms with Crippen molar-refractivity contribution in [3.63, 3.8) is 0 Å². The van der Waals surface area contributed by atoms with Crippen LogP contribution in [0.2, 0.25) is 0 Å². The molecule has 148 valence electrons. The predicted molar refractivity (Wildman–Crippen MR) is 113 cm³/mol. The van der Waals surface area contributed by atoms with Gasteiger partial charge in [-0.05, 0) is 48.4 Å². The molecule has 0 radical (unpaired) electrons. The lowest BCUT2D eigenvalue weighted by Gasteiger charge is -2.09. The summed E-state index contributed by atoms with van der Waals surface area (Å²) in [6.07, 6.45) is 5.99. The number of aromatic nitrogens is 4. The van der Waals surface area contributed by atoms with E-state index in [2.05, 4.69) is 31.3 Å². The number of nitriles is 1. The van der Waals surface area contributed by atoms with Crippen LogP contribution in [0.25, 0.3) is 11.3 Å². The molecule has 4 aromatic rings. The molecule has 1 N–H and O–H groups in total. The van der Waals surface area contributed by atoms with Gasteiger partial charge >= 0.3 is 0 Å². The van der Waals surface area contributed by atoms with Crippen LogP contribution in [0, 0.1) is 17.1 Å². The molecule has 8 heteroatoms. The molecule has 0 aliphatic carbocycles. The molecular weight excluding hydrogens is 399 g/mol. The number of hydrogen-bond donors (Lipinski definition) is 1. The Bertz CT molecular complexity index is 1150. The zero-order valence-electron chi connectivity index (χ0n) is 15.9. The maximum absolute atomic E-state index is 13.2. The molecule has 0 saturated heterocycles. The summed E-state index contributed by atoms with van der Waals surface area (Å²) < 4.78 is 13.2. The van der Waals surface area contributed by atoms with Crippen LogP contribution in [-0.4, -0.2) is 26.5 Å². The molecule has 0 aliphatic heterocycles. The highest BCUT2D eigenvalue weighted by Gasteiger charge is 2.20. The van der Waals surface area contributed by atoms with Crippen LogP contribution in [0.15, 0.2) is 66.4 Å². The molecule has 0 saturated carbocycles. The highest BCUT2D eigenvalue weighted by Crippen LogP contribution is 2.30. The number of halogens is 1. The van der Waals surface area contributed by atoms with E-state index in [-0.39, 0.29) is 5.82 Å².